The van der Waals surface area contributed by atoms with Gasteiger partial charge in [-0.2, -0.15) is 5.10 Å². The lowest BCUT2D eigenvalue weighted by Gasteiger charge is -2.18. The number of nitrogens with zero attached hydrogens (tertiary/aromatic N) is 5. The molecule has 0 unspecified atom stereocenters. The second-order valence-corrected chi connectivity index (χ2v) is 7.56. The molecule has 2 aromatic heterocycles. The summed E-state index contributed by atoms with van der Waals surface area (Å²) in [6, 6.07) is 0. The normalized spacial score (nSPS) is 23.6. The molecule has 134 valence electrons. The number of nitrogens with one attached hydrogen (secondary N) is 1. The minimum atomic E-state index is -0.277. The Hall–Kier alpha value is -2.05. The largest absolute Gasteiger partial charge is 0.353 e. The van der Waals surface area contributed by atoms with Gasteiger partial charge < -0.3 is 4.90 Å². The summed E-state index contributed by atoms with van der Waals surface area (Å²) < 4.78 is 14.7. The first-order valence-electron chi connectivity index (χ1n) is 9.25. The highest BCUT2D eigenvalue weighted by molar-refractivity contribution is 5.44. The van der Waals surface area contributed by atoms with Gasteiger partial charge in [-0.1, -0.05) is 20.8 Å². The van der Waals surface area contributed by atoms with E-state index in [9.17, 15) is 4.39 Å². The van der Waals surface area contributed by atoms with E-state index in [1.807, 2.05) is 6.92 Å². The zero-order valence-electron chi connectivity index (χ0n) is 15.0. The van der Waals surface area contributed by atoms with Crippen LogP contribution in [0.1, 0.15) is 62.8 Å². The quantitative estimate of drug-likeness (QED) is 0.903. The first-order chi connectivity index (χ1) is 12.1. The van der Waals surface area contributed by atoms with Crippen molar-refractivity contribution in [3.05, 3.63) is 29.5 Å². The van der Waals surface area contributed by atoms with Crippen LogP contribution in [0.5, 0.6) is 0 Å². The van der Waals surface area contributed by atoms with Crippen molar-refractivity contribution >= 4 is 5.82 Å². The van der Waals surface area contributed by atoms with E-state index in [1.165, 1.54) is 19.2 Å². The number of aryl methyl sites for hydroxylation is 1. The molecule has 2 fully saturated rings. The molecule has 7 heteroatoms. The Morgan fingerprint density at radius 3 is 2.72 bits per heavy atom. The van der Waals surface area contributed by atoms with Gasteiger partial charge in [0.2, 0.25) is 0 Å². The summed E-state index contributed by atoms with van der Waals surface area (Å²) in [7, 11) is 0. The summed E-state index contributed by atoms with van der Waals surface area (Å²) in [4.78, 5) is 15.1. The number of H-pyrrole nitrogens is 1. The van der Waals surface area contributed by atoms with Crippen molar-refractivity contribution in [2.24, 2.45) is 11.8 Å². The Balaban J connectivity index is 1.62. The lowest BCUT2D eigenvalue weighted by atomic mass is 9.91. The van der Waals surface area contributed by atoms with Crippen LogP contribution in [0.15, 0.2) is 6.33 Å². The van der Waals surface area contributed by atoms with Gasteiger partial charge in [-0.05, 0) is 31.1 Å². The van der Waals surface area contributed by atoms with E-state index >= 15 is 0 Å². The zero-order chi connectivity index (χ0) is 17.6. The molecule has 2 atom stereocenters. The lowest BCUT2D eigenvalue weighted by molar-refractivity contribution is 0.444. The average Bonchev–Trinajstić information content (AvgIpc) is 3.16. The van der Waals surface area contributed by atoms with E-state index in [0.29, 0.717) is 35.7 Å². The fraction of sp³-hybridized carbons (Fsp3) is 0.667. The predicted molar refractivity (Wildman–Crippen MR) is 93.0 cm³/mol. The van der Waals surface area contributed by atoms with Crippen LogP contribution >= 0.6 is 0 Å². The maximum atomic E-state index is 14.7. The highest BCUT2D eigenvalue weighted by Crippen LogP contribution is 2.47. The summed E-state index contributed by atoms with van der Waals surface area (Å²) in [6.45, 7) is 7.65. The molecule has 1 saturated heterocycles. The van der Waals surface area contributed by atoms with E-state index in [-0.39, 0.29) is 11.7 Å². The van der Waals surface area contributed by atoms with Gasteiger partial charge in [0.15, 0.2) is 17.5 Å². The van der Waals surface area contributed by atoms with Crippen molar-refractivity contribution in [2.75, 3.05) is 18.0 Å². The third kappa shape index (κ3) is 3.00. The smallest absolute Gasteiger partial charge is 0.187 e. The van der Waals surface area contributed by atoms with Crippen LogP contribution in [0.2, 0.25) is 0 Å². The summed E-state index contributed by atoms with van der Waals surface area (Å²) >= 11 is 0. The molecule has 0 aromatic carbocycles. The molecule has 0 spiro atoms. The number of hydrogen-bond acceptors (Lipinski definition) is 5. The average molecular weight is 344 g/mol. The minimum absolute atomic E-state index is 0.256. The number of rotatable bonds is 5. The van der Waals surface area contributed by atoms with Gasteiger partial charge in [-0.15, -0.1) is 0 Å². The van der Waals surface area contributed by atoms with Gasteiger partial charge in [-0.25, -0.2) is 19.3 Å². The van der Waals surface area contributed by atoms with Crippen molar-refractivity contribution in [1.29, 1.82) is 0 Å². The molecule has 0 amide bonds. The Bertz CT molecular complexity index is 754. The molecule has 25 heavy (non-hydrogen) atoms. The highest BCUT2D eigenvalue weighted by Gasteiger charge is 2.45. The van der Waals surface area contributed by atoms with Gasteiger partial charge in [0.05, 0.1) is 5.69 Å². The molecule has 1 aliphatic heterocycles. The molecule has 1 aliphatic carbocycles. The number of anilines is 1. The highest BCUT2D eigenvalue weighted by atomic mass is 19.1. The second kappa shape index (κ2) is 6.35. The van der Waals surface area contributed by atoms with Gasteiger partial charge in [0.1, 0.15) is 12.2 Å². The fourth-order valence-corrected chi connectivity index (χ4v) is 3.87. The Morgan fingerprint density at radius 1 is 1.28 bits per heavy atom. The van der Waals surface area contributed by atoms with E-state index in [4.69, 9.17) is 4.98 Å². The monoisotopic (exact) mass is 344 g/mol. The molecule has 1 N–H and O–H groups in total. The summed E-state index contributed by atoms with van der Waals surface area (Å²) in [6.07, 6.45) is 4.56. The number of aromatic nitrogens is 5. The van der Waals surface area contributed by atoms with Crippen LogP contribution in [0, 0.1) is 17.7 Å². The molecule has 6 nitrogen and oxygen atoms in total. The Morgan fingerprint density at radius 2 is 2.08 bits per heavy atom. The van der Waals surface area contributed by atoms with Gasteiger partial charge in [-0.3, -0.25) is 5.10 Å². The molecule has 2 aliphatic rings. The van der Waals surface area contributed by atoms with E-state index < -0.39 is 0 Å². The Kier molecular flexibility index (Phi) is 4.17. The standard InChI is InChI=1S/C18H25FN6/c1-4-14-15(19)18(21-9-20-14)25-7-12(11-5-6-11)13(8-25)17-22-16(10(2)3)23-24-17/h9-13H,4-8H2,1-3H3,(H,22,23,24)/t12-,13+/m0/s1. The fourth-order valence-electron chi connectivity index (χ4n) is 3.87. The zero-order valence-corrected chi connectivity index (χ0v) is 15.0. The van der Waals surface area contributed by atoms with Crippen molar-refractivity contribution in [3.63, 3.8) is 0 Å². The summed E-state index contributed by atoms with van der Waals surface area (Å²) in [5, 5.41) is 7.50. The molecular formula is C18H25FN6. The molecule has 0 bridgehead atoms. The summed E-state index contributed by atoms with van der Waals surface area (Å²) in [5.41, 5.74) is 0.484. The van der Waals surface area contributed by atoms with Crippen LogP contribution in [-0.2, 0) is 6.42 Å². The van der Waals surface area contributed by atoms with Crippen LogP contribution in [0.3, 0.4) is 0 Å². The number of halogens is 1. The van der Waals surface area contributed by atoms with Gasteiger partial charge in [0, 0.05) is 24.9 Å². The van der Waals surface area contributed by atoms with Crippen LogP contribution < -0.4 is 4.90 Å². The van der Waals surface area contributed by atoms with Gasteiger partial charge >= 0.3 is 0 Å². The van der Waals surface area contributed by atoms with Crippen LogP contribution in [0.4, 0.5) is 10.2 Å². The van der Waals surface area contributed by atoms with E-state index in [1.54, 1.807) is 0 Å². The Labute approximate surface area is 147 Å². The van der Waals surface area contributed by atoms with E-state index in [0.717, 1.165) is 24.7 Å². The minimum Gasteiger partial charge on any atom is -0.353 e. The third-order valence-corrected chi connectivity index (χ3v) is 5.46. The second-order valence-electron chi connectivity index (χ2n) is 7.56. The van der Waals surface area contributed by atoms with Gasteiger partial charge in [0.25, 0.3) is 0 Å². The van der Waals surface area contributed by atoms with Crippen molar-refractivity contribution in [1.82, 2.24) is 25.1 Å². The maximum absolute atomic E-state index is 14.7. The van der Waals surface area contributed by atoms with Crippen molar-refractivity contribution < 1.29 is 4.39 Å². The SMILES string of the molecule is CCc1ncnc(N2C[C@@H](c3nc(C(C)C)n[nH]3)[C@H](C3CC3)C2)c1F. The molecule has 0 radical (unpaired) electrons. The lowest BCUT2D eigenvalue weighted by Crippen LogP contribution is -2.23. The summed E-state index contributed by atoms with van der Waals surface area (Å²) in [5.74, 6) is 3.69. The number of aromatic amines is 1. The van der Waals surface area contributed by atoms with E-state index in [2.05, 4.69) is 38.9 Å². The van der Waals surface area contributed by atoms with Crippen molar-refractivity contribution in [3.8, 4) is 0 Å². The molecule has 4 rings (SSSR count). The third-order valence-electron chi connectivity index (χ3n) is 5.46. The molecular weight excluding hydrogens is 319 g/mol. The topological polar surface area (TPSA) is 70.6 Å². The van der Waals surface area contributed by atoms with Crippen LogP contribution in [-0.4, -0.2) is 38.2 Å². The first kappa shape index (κ1) is 16.4. The van der Waals surface area contributed by atoms with Crippen LogP contribution in [0.25, 0.3) is 0 Å². The molecule has 2 aromatic rings. The predicted octanol–water partition coefficient (Wildman–Crippen LogP) is 3.05. The molecule has 3 heterocycles. The number of hydrogen-bond donors (Lipinski definition) is 1. The first-order valence-corrected chi connectivity index (χ1v) is 9.25. The van der Waals surface area contributed by atoms with Crippen molar-refractivity contribution in [2.45, 2.75) is 51.9 Å². The maximum Gasteiger partial charge on any atom is 0.187 e. The molecule has 1 saturated carbocycles.